The van der Waals surface area contributed by atoms with E-state index in [1.807, 2.05) is 36.4 Å². The van der Waals surface area contributed by atoms with Gasteiger partial charge in [-0.3, -0.25) is 9.59 Å². The van der Waals surface area contributed by atoms with E-state index < -0.39 is 35.6 Å². The van der Waals surface area contributed by atoms with Crippen molar-refractivity contribution in [2.45, 2.75) is 44.9 Å². The fourth-order valence-electron chi connectivity index (χ4n) is 4.15. The molecule has 40 heavy (non-hydrogen) atoms. The molecule has 0 bridgehead atoms. The fourth-order valence-corrected chi connectivity index (χ4v) is 4.15. The SMILES string of the molecule is C=CCN(C(=O)C(Cc1ccccc1)NC(=O)OC(C)(C)C)C(C(=O)Nc1ccc(OC)cc1)c1ccccc1. The Labute approximate surface area is 236 Å². The number of alkyl carbamates (subject to hydrolysis) is 1. The summed E-state index contributed by atoms with van der Waals surface area (Å²) in [6, 6.07) is 23.3. The van der Waals surface area contributed by atoms with Crippen molar-refractivity contribution in [3.8, 4) is 5.75 Å². The van der Waals surface area contributed by atoms with Crippen LogP contribution < -0.4 is 15.4 Å². The Morgan fingerprint density at radius 1 is 0.925 bits per heavy atom. The molecule has 0 saturated heterocycles. The van der Waals surface area contributed by atoms with Crippen LogP contribution in [0.1, 0.15) is 37.9 Å². The summed E-state index contributed by atoms with van der Waals surface area (Å²) in [5, 5.41) is 5.65. The van der Waals surface area contributed by atoms with Crippen molar-refractivity contribution in [3.05, 3.63) is 109 Å². The minimum atomic E-state index is -1.01. The first kappa shape index (κ1) is 30.0. The first-order valence-electron chi connectivity index (χ1n) is 13.1. The average molecular weight is 544 g/mol. The van der Waals surface area contributed by atoms with Crippen molar-refractivity contribution in [2.24, 2.45) is 0 Å². The molecule has 0 spiro atoms. The minimum Gasteiger partial charge on any atom is -0.497 e. The van der Waals surface area contributed by atoms with Gasteiger partial charge < -0.3 is 25.0 Å². The first-order valence-corrected chi connectivity index (χ1v) is 13.1. The average Bonchev–Trinajstić information content (AvgIpc) is 2.92. The lowest BCUT2D eigenvalue weighted by molar-refractivity contribution is -0.140. The van der Waals surface area contributed by atoms with Gasteiger partial charge in [-0.15, -0.1) is 6.58 Å². The molecule has 210 valence electrons. The number of carbonyl (C=O) groups is 3. The third-order valence-corrected chi connectivity index (χ3v) is 5.91. The van der Waals surface area contributed by atoms with Crippen LogP contribution in [0.25, 0.3) is 0 Å². The van der Waals surface area contributed by atoms with Gasteiger partial charge in [0.15, 0.2) is 0 Å². The predicted molar refractivity (Wildman–Crippen MR) is 156 cm³/mol. The Hall–Kier alpha value is -4.59. The van der Waals surface area contributed by atoms with Crippen molar-refractivity contribution >= 4 is 23.6 Å². The van der Waals surface area contributed by atoms with Crippen LogP contribution in [0.3, 0.4) is 0 Å². The van der Waals surface area contributed by atoms with Crippen LogP contribution in [0, 0.1) is 0 Å². The molecule has 0 fully saturated rings. The van der Waals surface area contributed by atoms with Crippen LogP contribution in [0.5, 0.6) is 5.75 Å². The van der Waals surface area contributed by atoms with E-state index >= 15 is 0 Å². The van der Waals surface area contributed by atoms with Crippen LogP contribution >= 0.6 is 0 Å². The van der Waals surface area contributed by atoms with E-state index in [9.17, 15) is 14.4 Å². The number of ether oxygens (including phenoxy) is 2. The third-order valence-electron chi connectivity index (χ3n) is 5.91. The van der Waals surface area contributed by atoms with Crippen molar-refractivity contribution in [1.82, 2.24) is 10.2 Å². The number of hydrogen-bond acceptors (Lipinski definition) is 5. The molecule has 0 aliphatic heterocycles. The second kappa shape index (κ2) is 14.0. The highest BCUT2D eigenvalue weighted by Crippen LogP contribution is 2.25. The van der Waals surface area contributed by atoms with Crippen molar-refractivity contribution in [2.75, 3.05) is 19.0 Å². The molecule has 3 aromatic rings. The number of nitrogens with one attached hydrogen (secondary N) is 2. The third kappa shape index (κ3) is 8.73. The van der Waals surface area contributed by atoms with Gasteiger partial charge in [0.05, 0.1) is 7.11 Å². The largest absolute Gasteiger partial charge is 0.497 e. The standard InChI is InChI=1S/C32H37N3O5/c1-6-21-35(30(37)27(22-23-13-9-7-10-14-23)34-31(38)40-32(2,3)4)28(24-15-11-8-12-16-24)29(36)33-25-17-19-26(39-5)20-18-25/h6-20,27-28H,1,21-22H2,2-5H3,(H,33,36)(H,34,38). The van der Waals surface area contributed by atoms with Gasteiger partial charge in [0.2, 0.25) is 5.91 Å². The molecule has 0 heterocycles. The van der Waals surface area contributed by atoms with Crippen LogP contribution in [-0.2, 0) is 20.7 Å². The summed E-state index contributed by atoms with van der Waals surface area (Å²) in [6.07, 6.45) is 1.04. The van der Waals surface area contributed by atoms with E-state index in [1.54, 1.807) is 82.5 Å². The van der Waals surface area contributed by atoms with Crippen molar-refractivity contribution in [1.29, 1.82) is 0 Å². The van der Waals surface area contributed by atoms with E-state index in [2.05, 4.69) is 17.2 Å². The molecule has 0 aromatic heterocycles. The molecule has 3 amide bonds. The second-order valence-electron chi connectivity index (χ2n) is 10.2. The van der Waals surface area contributed by atoms with Crippen molar-refractivity contribution in [3.63, 3.8) is 0 Å². The van der Waals surface area contributed by atoms with E-state index in [0.717, 1.165) is 5.56 Å². The minimum absolute atomic E-state index is 0.0652. The quantitative estimate of drug-likeness (QED) is 0.310. The zero-order valence-electron chi connectivity index (χ0n) is 23.4. The lowest BCUT2D eigenvalue weighted by Crippen LogP contribution is -2.53. The van der Waals surface area contributed by atoms with Gasteiger partial charge in [0, 0.05) is 18.7 Å². The summed E-state index contributed by atoms with van der Waals surface area (Å²) in [4.78, 5) is 42.2. The number of amides is 3. The highest BCUT2D eigenvalue weighted by molar-refractivity contribution is 5.99. The zero-order valence-corrected chi connectivity index (χ0v) is 23.4. The second-order valence-corrected chi connectivity index (χ2v) is 10.2. The highest BCUT2D eigenvalue weighted by atomic mass is 16.6. The maximum atomic E-state index is 14.2. The Kier molecular flexibility index (Phi) is 10.5. The summed E-state index contributed by atoms with van der Waals surface area (Å²) in [6.45, 7) is 9.14. The van der Waals surface area contributed by atoms with Gasteiger partial charge >= 0.3 is 6.09 Å². The molecule has 2 atom stereocenters. The number of methoxy groups -OCH3 is 1. The molecule has 8 heteroatoms. The van der Waals surface area contributed by atoms with Crippen molar-refractivity contribution < 1.29 is 23.9 Å². The van der Waals surface area contributed by atoms with Crippen LogP contribution in [0.4, 0.5) is 10.5 Å². The Balaban J connectivity index is 1.98. The smallest absolute Gasteiger partial charge is 0.408 e. The molecule has 2 N–H and O–H groups in total. The number of nitrogens with zero attached hydrogens (tertiary/aromatic N) is 1. The Morgan fingerprint density at radius 2 is 1.52 bits per heavy atom. The maximum Gasteiger partial charge on any atom is 0.408 e. The molecular formula is C32H37N3O5. The predicted octanol–water partition coefficient (Wildman–Crippen LogP) is 5.53. The van der Waals surface area contributed by atoms with E-state index in [0.29, 0.717) is 17.0 Å². The highest BCUT2D eigenvalue weighted by Gasteiger charge is 2.36. The number of benzene rings is 3. The molecule has 8 nitrogen and oxygen atoms in total. The van der Waals surface area contributed by atoms with Crippen LogP contribution in [0.2, 0.25) is 0 Å². The molecule has 0 aliphatic rings. The molecule has 0 saturated carbocycles. The van der Waals surface area contributed by atoms with Crippen LogP contribution in [-0.4, -0.2) is 48.1 Å². The monoisotopic (exact) mass is 543 g/mol. The van der Waals surface area contributed by atoms with Gasteiger partial charge in [-0.05, 0) is 56.2 Å². The molecule has 3 aromatic carbocycles. The molecule has 2 unspecified atom stereocenters. The van der Waals surface area contributed by atoms with Crippen LogP contribution in [0.15, 0.2) is 97.6 Å². The number of carbonyl (C=O) groups excluding carboxylic acids is 3. The zero-order chi connectivity index (χ0) is 29.1. The summed E-state index contributed by atoms with van der Waals surface area (Å²) in [5.74, 6) is -0.214. The lowest BCUT2D eigenvalue weighted by atomic mass is 10.00. The number of rotatable bonds is 11. The molecule has 0 radical (unpaired) electrons. The Bertz CT molecular complexity index is 1270. The summed E-state index contributed by atoms with van der Waals surface area (Å²) >= 11 is 0. The Morgan fingerprint density at radius 3 is 2.08 bits per heavy atom. The molecule has 3 rings (SSSR count). The molecule has 0 aliphatic carbocycles. The number of anilines is 1. The van der Waals surface area contributed by atoms with E-state index in [-0.39, 0.29) is 13.0 Å². The fraction of sp³-hybridized carbons (Fsp3) is 0.281. The lowest BCUT2D eigenvalue weighted by Gasteiger charge is -2.34. The van der Waals surface area contributed by atoms with Gasteiger partial charge in [-0.25, -0.2) is 4.79 Å². The summed E-state index contributed by atoms with van der Waals surface area (Å²) in [5.41, 5.74) is 1.25. The molecular weight excluding hydrogens is 506 g/mol. The van der Waals surface area contributed by atoms with E-state index in [1.165, 1.54) is 4.90 Å². The van der Waals surface area contributed by atoms with Gasteiger partial charge in [-0.1, -0.05) is 66.7 Å². The maximum absolute atomic E-state index is 14.2. The van der Waals surface area contributed by atoms with Gasteiger partial charge in [-0.2, -0.15) is 0 Å². The normalized spacial score (nSPS) is 12.4. The van der Waals surface area contributed by atoms with Gasteiger partial charge in [0.25, 0.3) is 5.91 Å². The topological polar surface area (TPSA) is 97.0 Å². The summed E-state index contributed by atoms with van der Waals surface area (Å²) in [7, 11) is 1.56. The van der Waals surface area contributed by atoms with E-state index in [4.69, 9.17) is 9.47 Å². The summed E-state index contributed by atoms with van der Waals surface area (Å²) < 4.78 is 10.7. The van der Waals surface area contributed by atoms with Gasteiger partial charge in [0.1, 0.15) is 23.4 Å². The first-order chi connectivity index (χ1) is 19.1. The number of hydrogen-bond donors (Lipinski definition) is 2.